The fourth-order valence-corrected chi connectivity index (χ4v) is 6.37. The Kier molecular flexibility index (Phi) is 11.3. The Morgan fingerprint density at radius 1 is 1.06 bits per heavy atom. The van der Waals surface area contributed by atoms with E-state index in [1.807, 2.05) is 14.0 Å². The van der Waals surface area contributed by atoms with Crippen molar-refractivity contribution in [3.8, 4) is 0 Å². The number of carbonyl (C=O) groups excluding carboxylic acids is 4. The highest BCUT2D eigenvalue weighted by Gasteiger charge is 2.34. The highest BCUT2D eigenvalue weighted by molar-refractivity contribution is 7.07. The molecular formula is C32H40FN9O5S. The number of nitrogens with zero attached hydrogens (tertiary/aromatic N) is 6. The molecule has 5 rings (SSSR count). The second-order valence-corrected chi connectivity index (χ2v) is 13.2. The van der Waals surface area contributed by atoms with Gasteiger partial charge in [-0.25, -0.2) is 9.02 Å². The van der Waals surface area contributed by atoms with Gasteiger partial charge in [0.05, 0.1) is 11.9 Å². The van der Waals surface area contributed by atoms with E-state index >= 15 is 4.39 Å². The molecule has 1 atom stereocenters. The molecule has 2 aliphatic rings. The molecule has 0 bridgehead atoms. The summed E-state index contributed by atoms with van der Waals surface area (Å²) >= 11 is 0.890. The van der Waals surface area contributed by atoms with E-state index in [-0.39, 0.29) is 27.9 Å². The first kappa shape index (κ1) is 34.8. The summed E-state index contributed by atoms with van der Waals surface area (Å²) in [5, 5.41) is 19.3. The van der Waals surface area contributed by atoms with Crippen molar-refractivity contribution in [2.75, 3.05) is 38.5 Å². The van der Waals surface area contributed by atoms with E-state index in [9.17, 15) is 19.2 Å². The maximum absolute atomic E-state index is 15.7. The van der Waals surface area contributed by atoms with Crippen LogP contribution in [0.15, 0.2) is 34.7 Å². The standard InChI is InChI=1S/C32H40FN9O5S/c1-5-23-28(39-47-38-23)31(45)37-27(20-8-6-18(2)7-9-20)30(44)35-24-11-10-21(16-22(24)33)19(3)26(36-29(43)25-17-34-40-48-25)32(46)42-14-12-41(4)13-15-42/h10-11,16-18,20,27H,5-9,12-15H2,1-4H3,(H,35,44)(H,36,43)(H,37,45)/b26-19+/t18?,20?,27-/m0/s1. The highest BCUT2D eigenvalue weighted by Crippen LogP contribution is 2.32. The molecule has 3 N–H and O–H groups in total. The van der Waals surface area contributed by atoms with E-state index in [4.69, 9.17) is 4.63 Å². The summed E-state index contributed by atoms with van der Waals surface area (Å²) in [6.07, 6.45) is 4.96. The molecule has 1 aliphatic heterocycles. The van der Waals surface area contributed by atoms with Crippen LogP contribution in [0.1, 0.15) is 77.9 Å². The van der Waals surface area contributed by atoms with E-state index in [1.165, 1.54) is 18.3 Å². The van der Waals surface area contributed by atoms with Crippen molar-refractivity contribution in [3.05, 3.63) is 57.7 Å². The minimum atomic E-state index is -0.948. The Labute approximate surface area is 281 Å². The van der Waals surface area contributed by atoms with Crippen LogP contribution in [0, 0.1) is 17.7 Å². The van der Waals surface area contributed by atoms with E-state index in [0.29, 0.717) is 55.3 Å². The van der Waals surface area contributed by atoms with Gasteiger partial charge < -0.3 is 25.8 Å². The lowest BCUT2D eigenvalue weighted by atomic mass is 9.79. The summed E-state index contributed by atoms with van der Waals surface area (Å²) in [7, 11) is 1.97. The van der Waals surface area contributed by atoms with Crippen LogP contribution in [0.3, 0.4) is 0 Å². The predicted octanol–water partition coefficient (Wildman–Crippen LogP) is 3.12. The molecule has 48 heavy (non-hydrogen) atoms. The van der Waals surface area contributed by atoms with Crippen molar-refractivity contribution in [3.63, 3.8) is 0 Å². The van der Waals surface area contributed by atoms with Gasteiger partial charge in [0.15, 0.2) is 5.69 Å². The van der Waals surface area contributed by atoms with Crippen LogP contribution in [0.5, 0.6) is 0 Å². The lowest BCUT2D eigenvalue weighted by Crippen LogP contribution is -2.49. The van der Waals surface area contributed by atoms with Crippen LogP contribution in [0.25, 0.3) is 5.57 Å². The van der Waals surface area contributed by atoms with Gasteiger partial charge in [-0.3, -0.25) is 19.2 Å². The normalized spacial score (nSPS) is 19.6. The second kappa shape index (κ2) is 15.6. The molecule has 256 valence electrons. The minimum absolute atomic E-state index is 0.0113. The summed E-state index contributed by atoms with van der Waals surface area (Å²) in [5.74, 6) is -2.50. The van der Waals surface area contributed by atoms with Gasteiger partial charge in [-0.2, -0.15) is 0 Å². The Morgan fingerprint density at radius 2 is 1.79 bits per heavy atom. The number of rotatable bonds is 10. The number of hydrogen-bond acceptors (Lipinski definition) is 11. The van der Waals surface area contributed by atoms with E-state index in [1.54, 1.807) is 17.9 Å². The molecule has 2 aromatic heterocycles. The third-order valence-electron chi connectivity index (χ3n) is 9.07. The fraction of sp³-hybridized carbons (Fsp3) is 0.500. The van der Waals surface area contributed by atoms with Gasteiger partial charge in [-0.15, -0.1) is 5.10 Å². The number of benzene rings is 1. The Hall–Kier alpha value is -4.57. The molecule has 3 heterocycles. The first-order valence-corrected chi connectivity index (χ1v) is 16.8. The highest BCUT2D eigenvalue weighted by atomic mass is 32.1. The van der Waals surface area contributed by atoms with Gasteiger partial charge in [0.2, 0.25) is 5.91 Å². The van der Waals surface area contributed by atoms with Gasteiger partial charge in [0.1, 0.15) is 28.1 Å². The van der Waals surface area contributed by atoms with Crippen molar-refractivity contribution in [1.29, 1.82) is 0 Å². The number of carbonyl (C=O) groups is 4. The number of halogens is 1. The first-order valence-electron chi connectivity index (χ1n) is 16.1. The molecule has 1 aromatic carbocycles. The third kappa shape index (κ3) is 8.10. The average Bonchev–Trinajstić information content (AvgIpc) is 3.80. The number of piperazine rings is 1. The number of hydrogen-bond donors (Lipinski definition) is 3. The number of amides is 4. The molecule has 1 saturated carbocycles. The molecule has 0 unspecified atom stereocenters. The Balaban J connectivity index is 1.38. The Bertz CT molecular complexity index is 1660. The van der Waals surface area contributed by atoms with Gasteiger partial charge >= 0.3 is 0 Å². The molecule has 2 fully saturated rings. The summed E-state index contributed by atoms with van der Waals surface area (Å²) < 4.78 is 24.2. The zero-order valence-electron chi connectivity index (χ0n) is 27.4. The third-order valence-corrected chi connectivity index (χ3v) is 9.73. The van der Waals surface area contributed by atoms with Gasteiger partial charge in [0, 0.05) is 26.2 Å². The summed E-state index contributed by atoms with van der Waals surface area (Å²) in [6, 6.07) is 3.22. The second-order valence-electron chi connectivity index (χ2n) is 12.4. The van der Waals surface area contributed by atoms with E-state index < -0.39 is 35.5 Å². The Morgan fingerprint density at radius 3 is 2.44 bits per heavy atom. The topological polar surface area (TPSA) is 176 Å². The zero-order chi connectivity index (χ0) is 34.4. The average molecular weight is 682 g/mol. The van der Waals surface area contributed by atoms with Crippen molar-refractivity contribution < 1.29 is 28.2 Å². The van der Waals surface area contributed by atoms with Crippen molar-refractivity contribution in [1.82, 2.24) is 40.3 Å². The molecule has 0 radical (unpaired) electrons. The fourth-order valence-electron chi connectivity index (χ4n) is 5.96. The molecule has 14 nitrogen and oxygen atoms in total. The van der Waals surface area contributed by atoms with Crippen LogP contribution in [-0.4, -0.2) is 92.6 Å². The minimum Gasteiger partial charge on any atom is -0.338 e. The predicted molar refractivity (Wildman–Crippen MR) is 175 cm³/mol. The van der Waals surface area contributed by atoms with Crippen LogP contribution in [0.2, 0.25) is 0 Å². The number of nitrogens with one attached hydrogen (secondary N) is 3. The largest absolute Gasteiger partial charge is 0.338 e. The molecule has 16 heteroatoms. The van der Waals surface area contributed by atoms with Crippen LogP contribution >= 0.6 is 11.5 Å². The summed E-state index contributed by atoms with van der Waals surface area (Å²) in [5.41, 5.74) is 0.983. The molecule has 1 aliphatic carbocycles. The smallest absolute Gasteiger partial charge is 0.276 e. The lowest BCUT2D eigenvalue weighted by molar-refractivity contribution is -0.129. The SMILES string of the molecule is CCc1nonc1C(=O)N[C@H](C(=O)Nc1ccc(/C(C)=C(/NC(=O)c2cnns2)C(=O)N2CCN(C)CC2)cc1F)C1CCC(C)CC1. The number of anilines is 1. The lowest BCUT2D eigenvalue weighted by Gasteiger charge is -2.33. The number of likely N-dealkylation sites (N-methyl/N-ethyl adjacent to an activating group) is 1. The van der Waals surface area contributed by atoms with E-state index in [0.717, 1.165) is 37.2 Å². The van der Waals surface area contributed by atoms with Gasteiger partial charge in [-0.1, -0.05) is 42.4 Å². The van der Waals surface area contributed by atoms with Crippen molar-refractivity contribution in [2.45, 2.75) is 58.9 Å². The quantitative estimate of drug-likeness (QED) is 0.270. The molecule has 0 spiro atoms. The summed E-state index contributed by atoms with van der Waals surface area (Å²) in [6.45, 7) is 7.86. The number of allylic oxidation sites excluding steroid dienone is 1. The zero-order valence-corrected chi connectivity index (χ0v) is 28.2. The summed E-state index contributed by atoms with van der Waals surface area (Å²) in [4.78, 5) is 57.5. The van der Waals surface area contributed by atoms with Crippen LogP contribution < -0.4 is 16.0 Å². The maximum atomic E-state index is 15.7. The molecule has 3 aromatic rings. The molecule has 1 saturated heterocycles. The van der Waals surface area contributed by atoms with Crippen molar-refractivity contribution >= 4 is 46.4 Å². The monoisotopic (exact) mass is 681 g/mol. The van der Waals surface area contributed by atoms with Crippen LogP contribution in [-0.2, 0) is 16.0 Å². The number of aromatic nitrogens is 4. The maximum Gasteiger partial charge on any atom is 0.276 e. The van der Waals surface area contributed by atoms with Crippen LogP contribution in [0.4, 0.5) is 10.1 Å². The van der Waals surface area contributed by atoms with Gasteiger partial charge in [-0.05, 0) is 85.0 Å². The van der Waals surface area contributed by atoms with Crippen molar-refractivity contribution in [2.24, 2.45) is 11.8 Å². The molecule has 4 amide bonds. The van der Waals surface area contributed by atoms with Gasteiger partial charge in [0.25, 0.3) is 17.7 Å². The number of aryl methyl sites for hydroxylation is 1. The van der Waals surface area contributed by atoms with E-state index in [2.05, 4.69) is 47.7 Å². The molecular weight excluding hydrogens is 641 g/mol. The first-order chi connectivity index (χ1) is 23.0.